The third-order valence-corrected chi connectivity index (χ3v) is 7.65. The molecular formula is C22H15NS2. The van der Waals surface area contributed by atoms with E-state index in [1.807, 2.05) is 22.7 Å². The molecule has 0 spiro atoms. The first kappa shape index (κ1) is 13.9. The Bertz CT molecular complexity index is 1430. The third kappa shape index (κ3) is 1.67. The van der Waals surface area contributed by atoms with E-state index in [1.165, 1.54) is 51.4 Å². The number of benzene rings is 3. The number of aryl methyl sites for hydroxylation is 1. The molecule has 0 fully saturated rings. The summed E-state index contributed by atoms with van der Waals surface area (Å²) in [6, 6.07) is 22.1. The van der Waals surface area contributed by atoms with Gasteiger partial charge in [0.05, 0.1) is 20.4 Å². The Morgan fingerprint density at radius 1 is 0.720 bits per heavy atom. The van der Waals surface area contributed by atoms with Crippen molar-refractivity contribution in [1.29, 1.82) is 0 Å². The van der Waals surface area contributed by atoms with E-state index < -0.39 is 0 Å². The smallest absolute Gasteiger partial charge is 0.0714 e. The van der Waals surface area contributed by atoms with Gasteiger partial charge in [0.25, 0.3) is 0 Å². The first-order valence-corrected chi connectivity index (χ1v) is 10.2. The molecule has 0 N–H and O–H groups in total. The lowest BCUT2D eigenvalue weighted by Crippen LogP contribution is -1.92. The highest BCUT2D eigenvalue weighted by molar-refractivity contribution is 7.33. The minimum Gasteiger partial charge on any atom is -0.338 e. The molecule has 6 aromatic rings. The van der Waals surface area contributed by atoms with Crippen LogP contribution in [0.25, 0.3) is 51.4 Å². The van der Waals surface area contributed by atoms with Gasteiger partial charge in [0, 0.05) is 26.7 Å². The van der Waals surface area contributed by atoms with Crippen LogP contribution in [0.15, 0.2) is 60.7 Å². The van der Waals surface area contributed by atoms with Crippen molar-refractivity contribution in [3.8, 4) is 0 Å². The molecule has 0 aliphatic heterocycles. The Labute approximate surface area is 152 Å². The number of rotatable bonds is 1. The van der Waals surface area contributed by atoms with Crippen molar-refractivity contribution in [2.24, 2.45) is 0 Å². The highest BCUT2D eigenvalue weighted by atomic mass is 32.1. The number of hydrogen-bond acceptors (Lipinski definition) is 2. The fraction of sp³-hybridized carbons (Fsp3) is 0.0909. The SMILES string of the molecule is CCn1c2c3ccccc3sc2c2sc3ccc4ccccc4c3c21. The molecular weight excluding hydrogens is 342 g/mol. The van der Waals surface area contributed by atoms with Crippen LogP contribution in [0.4, 0.5) is 0 Å². The lowest BCUT2D eigenvalue weighted by atomic mass is 10.1. The van der Waals surface area contributed by atoms with Crippen molar-refractivity contribution in [3.63, 3.8) is 0 Å². The highest BCUT2D eigenvalue weighted by Gasteiger charge is 2.20. The van der Waals surface area contributed by atoms with Gasteiger partial charge in [-0.1, -0.05) is 48.5 Å². The van der Waals surface area contributed by atoms with Crippen molar-refractivity contribution in [2.45, 2.75) is 13.5 Å². The summed E-state index contributed by atoms with van der Waals surface area (Å²) in [4.78, 5) is 0. The predicted molar refractivity (Wildman–Crippen MR) is 113 cm³/mol. The Balaban J connectivity index is 1.96. The average molecular weight is 358 g/mol. The van der Waals surface area contributed by atoms with E-state index in [4.69, 9.17) is 0 Å². The van der Waals surface area contributed by atoms with Crippen LogP contribution < -0.4 is 0 Å². The third-order valence-electron chi connectivity index (χ3n) is 5.19. The van der Waals surface area contributed by atoms with Gasteiger partial charge in [-0.05, 0) is 29.8 Å². The zero-order valence-electron chi connectivity index (χ0n) is 13.7. The van der Waals surface area contributed by atoms with Gasteiger partial charge in [-0.3, -0.25) is 0 Å². The molecule has 120 valence electrons. The van der Waals surface area contributed by atoms with Crippen molar-refractivity contribution >= 4 is 74.1 Å². The summed E-state index contributed by atoms with van der Waals surface area (Å²) < 4.78 is 8.21. The zero-order chi connectivity index (χ0) is 16.5. The van der Waals surface area contributed by atoms with Gasteiger partial charge in [-0.2, -0.15) is 0 Å². The van der Waals surface area contributed by atoms with Crippen LogP contribution in [-0.4, -0.2) is 4.57 Å². The maximum Gasteiger partial charge on any atom is 0.0714 e. The Morgan fingerprint density at radius 2 is 1.44 bits per heavy atom. The molecule has 0 unspecified atom stereocenters. The molecule has 0 aliphatic carbocycles. The van der Waals surface area contributed by atoms with E-state index in [9.17, 15) is 0 Å². The van der Waals surface area contributed by atoms with Crippen molar-refractivity contribution < 1.29 is 0 Å². The maximum atomic E-state index is 2.54. The summed E-state index contributed by atoms with van der Waals surface area (Å²) in [5, 5.41) is 5.51. The van der Waals surface area contributed by atoms with E-state index in [2.05, 4.69) is 72.2 Å². The van der Waals surface area contributed by atoms with Crippen LogP contribution in [0, 0.1) is 0 Å². The number of fused-ring (bicyclic) bond motifs is 9. The molecule has 0 aliphatic rings. The fourth-order valence-electron chi connectivity index (χ4n) is 4.15. The van der Waals surface area contributed by atoms with Gasteiger partial charge < -0.3 is 4.57 Å². The molecule has 0 amide bonds. The zero-order valence-corrected chi connectivity index (χ0v) is 15.4. The largest absolute Gasteiger partial charge is 0.338 e. The molecule has 3 aromatic heterocycles. The quantitative estimate of drug-likeness (QED) is 0.289. The molecule has 3 heteroatoms. The molecule has 1 nitrogen and oxygen atoms in total. The molecule has 0 saturated heterocycles. The van der Waals surface area contributed by atoms with Crippen LogP contribution in [0.3, 0.4) is 0 Å². The normalized spacial score (nSPS) is 12.4. The monoisotopic (exact) mass is 357 g/mol. The van der Waals surface area contributed by atoms with Crippen LogP contribution in [0.1, 0.15) is 6.92 Å². The van der Waals surface area contributed by atoms with Gasteiger partial charge in [-0.25, -0.2) is 0 Å². The topological polar surface area (TPSA) is 4.93 Å². The molecule has 0 bridgehead atoms. The van der Waals surface area contributed by atoms with E-state index in [0.29, 0.717) is 0 Å². The van der Waals surface area contributed by atoms with Crippen LogP contribution in [-0.2, 0) is 6.54 Å². The van der Waals surface area contributed by atoms with E-state index in [-0.39, 0.29) is 0 Å². The number of aromatic nitrogens is 1. The standard InChI is InChI=1S/C22H15NS2/c1-2-23-19-15-9-5-6-10-16(15)24-21(19)22-20(23)18-14-8-4-3-7-13(14)11-12-17(18)25-22/h3-12H,2H2,1H3. The fourth-order valence-corrected chi connectivity index (χ4v) is 6.71. The maximum absolute atomic E-state index is 2.54. The summed E-state index contributed by atoms with van der Waals surface area (Å²) in [7, 11) is 0. The summed E-state index contributed by atoms with van der Waals surface area (Å²) in [6.07, 6.45) is 0. The van der Waals surface area contributed by atoms with Gasteiger partial charge in [-0.15, -0.1) is 22.7 Å². The minimum absolute atomic E-state index is 0.996. The van der Waals surface area contributed by atoms with Crippen molar-refractivity contribution in [2.75, 3.05) is 0 Å². The summed E-state index contributed by atoms with van der Waals surface area (Å²) in [5.41, 5.74) is 2.84. The number of hydrogen-bond donors (Lipinski definition) is 0. The highest BCUT2D eigenvalue weighted by Crippen LogP contribution is 2.48. The lowest BCUT2D eigenvalue weighted by molar-refractivity contribution is 0.833. The second-order valence-electron chi connectivity index (χ2n) is 6.46. The van der Waals surface area contributed by atoms with Gasteiger partial charge in [0.1, 0.15) is 0 Å². The molecule has 3 heterocycles. The molecule has 0 atom stereocenters. The second kappa shape index (κ2) is 4.84. The minimum atomic E-state index is 0.996. The van der Waals surface area contributed by atoms with Gasteiger partial charge in [0.15, 0.2) is 0 Å². The Kier molecular flexibility index (Phi) is 2.69. The Morgan fingerprint density at radius 3 is 2.32 bits per heavy atom. The van der Waals surface area contributed by atoms with E-state index in [0.717, 1.165) is 6.54 Å². The van der Waals surface area contributed by atoms with Crippen molar-refractivity contribution in [3.05, 3.63) is 60.7 Å². The molecule has 0 radical (unpaired) electrons. The first-order chi connectivity index (χ1) is 12.4. The van der Waals surface area contributed by atoms with E-state index in [1.54, 1.807) is 0 Å². The van der Waals surface area contributed by atoms with Gasteiger partial charge in [0.2, 0.25) is 0 Å². The number of nitrogens with zero attached hydrogens (tertiary/aromatic N) is 1. The molecule has 6 rings (SSSR count). The van der Waals surface area contributed by atoms with Crippen LogP contribution >= 0.6 is 22.7 Å². The van der Waals surface area contributed by atoms with Crippen LogP contribution in [0.5, 0.6) is 0 Å². The molecule has 3 aromatic carbocycles. The average Bonchev–Trinajstić information content (AvgIpc) is 3.29. The number of thiophene rings is 2. The molecule has 25 heavy (non-hydrogen) atoms. The lowest BCUT2D eigenvalue weighted by Gasteiger charge is -2.05. The van der Waals surface area contributed by atoms with Crippen LogP contribution in [0.2, 0.25) is 0 Å². The summed E-state index contributed by atoms with van der Waals surface area (Å²) in [6.45, 7) is 3.26. The second-order valence-corrected chi connectivity index (χ2v) is 8.56. The summed E-state index contributed by atoms with van der Waals surface area (Å²) >= 11 is 3.88. The predicted octanol–water partition coefficient (Wildman–Crippen LogP) is 7.40. The molecule has 0 saturated carbocycles. The van der Waals surface area contributed by atoms with Gasteiger partial charge >= 0.3 is 0 Å². The summed E-state index contributed by atoms with van der Waals surface area (Å²) in [5.74, 6) is 0. The first-order valence-electron chi connectivity index (χ1n) is 8.60. The van der Waals surface area contributed by atoms with Crippen molar-refractivity contribution in [1.82, 2.24) is 4.57 Å². The van der Waals surface area contributed by atoms with E-state index >= 15 is 0 Å². The Hall–Kier alpha value is -2.36.